The first kappa shape index (κ1) is 9.62. The molecule has 0 aromatic heterocycles. The lowest BCUT2D eigenvalue weighted by Gasteiger charge is -2.04. The van der Waals surface area contributed by atoms with E-state index in [1.165, 1.54) is 25.7 Å². The molecule has 1 fully saturated rings. The van der Waals surface area contributed by atoms with Gasteiger partial charge >= 0.3 is 0 Å². The first-order valence-corrected chi connectivity index (χ1v) is 5.03. The second-order valence-electron chi connectivity index (χ2n) is 3.73. The number of carboxylic acid groups (broad SMARTS) is 1. The van der Waals surface area contributed by atoms with Crippen LogP contribution in [-0.2, 0) is 0 Å². The van der Waals surface area contributed by atoms with E-state index in [9.17, 15) is 4.79 Å². The second kappa shape index (κ2) is 5.23. The van der Waals surface area contributed by atoms with E-state index < -0.39 is 5.87 Å². The zero-order valence-electron chi connectivity index (χ0n) is 7.59. The van der Waals surface area contributed by atoms with Gasteiger partial charge in [-0.2, -0.15) is 0 Å². The monoisotopic (exact) mass is 168 g/mol. The van der Waals surface area contributed by atoms with Crippen molar-refractivity contribution in [3.05, 3.63) is 0 Å². The van der Waals surface area contributed by atoms with Crippen LogP contribution in [0.25, 0.3) is 0 Å². The molecule has 0 radical (unpaired) electrons. The van der Waals surface area contributed by atoms with Crippen molar-refractivity contribution in [2.45, 2.75) is 51.2 Å². The Morgan fingerprint density at radius 1 is 0.917 bits per heavy atom. The van der Waals surface area contributed by atoms with Crippen molar-refractivity contribution < 1.29 is 9.90 Å². The third kappa shape index (κ3) is 3.29. The molecule has 0 saturated carbocycles. The van der Waals surface area contributed by atoms with Crippen molar-refractivity contribution in [3.8, 4) is 0 Å². The molecule has 0 atom stereocenters. The highest BCUT2D eigenvalue weighted by Crippen LogP contribution is 2.17. The van der Waals surface area contributed by atoms with Crippen LogP contribution in [0.5, 0.6) is 0 Å². The largest absolute Gasteiger partial charge is 0.489 e. The van der Waals surface area contributed by atoms with Crippen LogP contribution in [0.3, 0.4) is 0 Å². The molecule has 1 rings (SSSR count). The predicted molar refractivity (Wildman–Crippen MR) is 51.1 cm³/mol. The summed E-state index contributed by atoms with van der Waals surface area (Å²) in [6, 6.07) is 0. The van der Waals surface area contributed by atoms with Crippen LogP contribution in [0.2, 0.25) is 12.6 Å². The molecule has 1 heterocycles. The second-order valence-corrected chi connectivity index (χ2v) is 3.73. The fourth-order valence-electron chi connectivity index (χ4n) is 1.88. The highest BCUT2D eigenvalue weighted by Gasteiger charge is 2.22. The Hall–Kier alpha value is -0.465. The normalized spacial score (nSPS) is 20.8. The van der Waals surface area contributed by atoms with Gasteiger partial charge in [0.15, 0.2) is 0 Å². The quantitative estimate of drug-likeness (QED) is 0.610. The molecule has 0 amide bonds. The lowest BCUT2D eigenvalue weighted by atomic mass is 9.44. The Balaban J connectivity index is 2.33. The minimum Gasteiger partial charge on any atom is -0.489 e. The van der Waals surface area contributed by atoms with E-state index in [4.69, 9.17) is 5.11 Å². The highest BCUT2D eigenvalue weighted by atomic mass is 16.4. The fraction of sp³-hybridized carbons (Fsp3) is 0.889. The van der Waals surface area contributed by atoms with Gasteiger partial charge in [-0.25, -0.2) is 0 Å². The predicted octanol–water partition coefficient (Wildman–Crippen LogP) is 3.10. The average molecular weight is 168 g/mol. The maximum atomic E-state index is 10.7. The Morgan fingerprint density at radius 2 is 1.33 bits per heavy atom. The molecular formula is C9H17BO2. The van der Waals surface area contributed by atoms with Crippen LogP contribution in [0.4, 0.5) is 4.79 Å². The van der Waals surface area contributed by atoms with Crippen LogP contribution in [-0.4, -0.2) is 17.7 Å². The van der Waals surface area contributed by atoms with E-state index in [1.54, 1.807) is 0 Å². The fourth-order valence-corrected chi connectivity index (χ4v) is 1.88. The molecule has 0 aromatic rings. The molecule has 1 aliphatic heterocycles. The van der Waals surface area contributed by atoms with Gasteiger partial charge in [0.25, 0.3) is 6.71 Å². The topological polar surface area (TPSA) is 37.3 Å². The molecular weight excluding hydrogens is 151 g/mol. The summed E-state index contributed by atoms with van der Waals surface area (Å²) in [6.07, 6.45) is 9.06. The summed E-state index contributed by atoms with van der Waals surface area (Å²) in [5, 5.41) is 8.85. The molecule has 0 spiro atoms. The van der Waals surface area contributed by atoms with Crippen molar-refractivity contribution in [2.24, 2.45) is 0 Å². The molecule has 0 aliphatic carbocycles. The molecule has 0 unspecified atom stereocenters. The van der Waals surface area contributed by atoms with Crippen LogP contribution in [0, 0.1) is 0 Å². The minimum atomic E-state index is -0.586. The molecule has 2 nitrogen and oxygen atoms in total. The van der Waals surface area contributed by atoms with Gasteiger partial charge in [0.2, 0.25) is 5.87 Å². The Morgan fingerprint density at radius 3 is 1.75 bits per heavy atom. The highest BCUT2D eigenvalue weighted by molar-refractivity contribution is 6.88. The van der Waals surface area contributed by atoms with Crippen LogP contribution >= 0.6 is 0 Å². The molecule has 3 heteroatoms. The lowest BCUT2D eigenvalue weighted by Crippen LogP contribution is -2.23. The standard InChI is InChI=1S/C9H17BO2/c11-9(12)10-7-5-3-1-2-4-6-8-10/h1-8H2,(H,11,12). The SMILES string of the molecule is O=C(O)B1CCCCCCCC1. The van der Waals surface area contributed by atoms with E-state index in [0.29, 0.717) is 0 Å². The van der Waals surface area contributed by atoms with E-state index in [1.807, 2.05) is 0 Å². The van der Waals surface area contributed by atoms with E-state index in [-0.39, 0.29) is 6.71 Å². The number of rotatable bonds is 1. The zero-order valence-corrected chi connectivity index (χ0v) is 7.59. The van der Waals surface area contributed by atoms with Crippen LogP contribution < -0.4 is 0 Å². The van der Waals surface area contributed by atoms with Gasteiger partial charge in [-0.15, -0.1) is 0 Å². The summed E-state index contributed by atoms with van der Waals surface area (Å²) in [7, 11) is 0. The maximum absolute atomic E-state index is 10.7. The first-order chi connectivity index (χ1) is 5.80. The Kier molecular flexibility index (Phi) is 4.19. The number of hydrogen-bond acceptors (Lipinski definition) is 1. The summed E-state index contributed by atoms with van der Waals surface area (Å²) in [6.45, 7) is -0.0527. The molecule has 1 N–H and O–H groups in total. The van der Waals surface area contributed by atoms with Gasteiger partial charge < -0.3 is 5.11 Å². The summed E-state index contributed by atoms with van der Waals surface area (Å²) < 4.78 is 0. The summed E-state index contributed by atoms with van der Waals surface area (Å²) in [5.74, 6) is -0.586. The van der Waals surface area contributed by atoms with Gasteiger partial charge in [-0.3, -0.25) is 4.79 Å². The first-order valence-electron chi connectivity index (χ1n) is 5.03. The number of hydrogen-bond donors (Lipinski definition) is 1. The van der Waals surface area contributed by atoms with E-state index in [2.05, 4.69) is 0 Å². The van der Waals surface area contributed by atoms with Crippen molar-refractivity contribution in [2.75, 3.05) is 0 Å². The molecule has 1 aliphatic rings. The third-order valence-electron chi connectivity index (χ3n) is 2.70. The van der Waals surface area contributed by atoms with Crippen LogP contribution in [0.15, 0.2) is 0 Å². The minimum absolute atomic E-state index is 0.0527. The molecule has 0 aromatic carbocycles. The molecule has 12 heavy (non-hydrogen) atoms. The average Bonchev–Trinajstić information content (AvgIpc) is 2.15. The van der Waals surface area contributed by atoms with Gasteiger partial charge in [-0.1, -0.05) is 51.2 Å². The van der Waals surface area contributed by atoms with Crippen LogP contribution in [0.1, 0.15) is 38.5 Å². The third-order valence-corrected chi connectivity index (χ3v) is 2.70. The summed E-state index contributed by atoms with van der Waals surface area (Å²) in [5.41, 5.74) is 0. The van der Waals surface area contributed by atoms with Gasteiger partial charge in [0.1, 0.15) is 0 Å². The van der Waals surface area contributed by atoms with Crippen molar-refractivity contribution in [1.82, 2.24) is 0 Å². The van der Waals surface area contributed by atoms with Gasteiger partial charge in [0.05, 0.1) is 0 Å². The maximum Gasteiger partial charge on any atom is 0.277 e. The van der Waals surface area contributed by atoms with E-state index in [0.717, 1.165) is 25.5 Å². The van der Waals surface area contributed by atoms with E-state index >= 15 is 0 Å². The molecule has 0 bridgehead atoms. The van der Waals surface area contributed by atoms with Crippen molar-refractivity contribution in [1.29, 1.82) is 0 Å². The zero-order chi connectivity index (χ0) is 8.81. The van der Waals surface area contributed by atoms with Crippen molar-refractivity contribution >= 4 is 12.6 Å². The Bertz CT molecular complexity index is 137. The van der Waals surface area contributed by atoms with Gasteiger partial charge in [-0.05, 0) is 0 Å². The molecule has 1 saturated heterocycles. The Labute approximate surface area is 74.4 Å². The van der Waals surface area contributed by atoms with Gasteiger partial charge in [0, 0.05) is 0 Å². The number of carbonyl (C=O) groups is 1. The molecule has 68 valence electrons. The lowest BCUT2D eigenvalue weighted by molar-refractivity contribution is 0.218. The van der Waals surface area contributed by atoms with Crippen molar-refractivity contribution in [3.63, 3.8) is 0 Å². The summed E-state index contributed by atoms with van der Waals surface area (Å²) >= 11 is 0. The smallest absolute Gasteiger partial charge is 0.277 e. The summed E-state index contributed by atoms with van der Waals surface area (Å²) in [4.78, 5) is 10.7.